The summed E-state index contributed by atoms with van der Waals surface area (Å²) in [7, 11) is 0. The van der Waals surface area contributed by atoms with Gasteiger partial charge in [-0.3, -0.25) is 9.59 Å². The molecule has 1 aromatic carbocycles. The quantitative estimate of drug-likeness (QED) is 0.646. The summed E-state index contributed by atoms with van der Waals surface area (Å²) in [5, 5.41) is 9.56. The SMILES string of the molecule is Cc1cccc2c1NC(C(=O)NC1CCC(NC(=O)CCN)CC1)C2. The van der Waals surface area contributed by atoms with E-state index in [0.29, 0.717) is 13.0 Å². The molecule has 1 atom stereocenters. The van der Waals surface area contributed by atoms with E-state index in [1.165, 1.54) is 11.1 Å². The van der Waals surface area contributed by atoms with E-state index in [0.717, 1.165) is 37.8 Å². The van der Waals surface area contributed by atoms with Crippen molar-refractivity contribution < 1.29 is 9.59 Å². The Morgan fingerprint density at radius 1 is 1.16 bits per heavy atom. The molecule has 1 saturated carbocycles. The monoisotopic (exact) mass is 344 g/mol. The number of hydrogen-bond acceptors (Lipinski definition) is 4. The van der Waals surface area contributed by atoms with E-state index in [9.17, 15) is 9.59 Å². The van der Waals surface area contributed by atoms with E-state index in [-0.39, 0.29) is 29.9 Å². The third-order valence-corrected chi connectivity index (χ3v) is 5.23. The van der Waals surface area contributed by atoms with Crippen LogP contribution in [0.4, 0.5) is 5.69 Å². The van der Waals surface area contributed by atoms with Gasteiger partial charge < -0.3 is 21.7 Å². The molecular formula is C19H28N4O2. The molecule has 0 saturated heterocycles. The molecule has 0 aromatic heterocycles. The molecule has 1 aliphatic heterocycles. The Labute approximate surface area is 148 Å². The lowest BCUT2D eigenvalue weighted by molar-refractivity contribution is -0.123. The van der Waals surface area contributed by atoms with Crippen molar-refractivity contribution in [2.75, 3.05) is 11.9 Å². The molecule has 0 radical (unpaired) electrons. The van der Waals surface area contributed by atoms with Gasteiger partial charge in [0.05, 0.1) is 0 Å². The van der Waals surface area contributed by atoms with Gasteiger partial charge >= 0.3 is 0 Å². The summed E-state index contributed by atoms with van der Waals surface area (Å²) in [5.41, 5.74) is 8.90. The third-order valence-electron chi connectivity index (χ3n) is 5.23. The first-order chi connectivity index (χ1) is 12.1. The van der Waals surface area contributed by atoms with Crippen LogP contribution in [-0.4, -0.2) is 36.5 Å². The van der Waals surface area contributed by atoms with Gasteiger partial charge in [-0.1, -0.05) is 18.2 Å². The number of anilines is 1. The highest BCUT2D eigenvalue weighted by Crippen LogP contribution is 2.29. The summed E-state index contributed by atoms with van der Waals surface area (Å²) >= 11 is 0. The molecule has 1 aromatic rings. The third kappa shape index (κ3) is 4.31. The van der Waals surface area contributed by atoms with Crippen molar-refractivity contribution in [3.05, 3.63) is 29.3 Å². The smallest absolute Gasteiger partial charge is 0.243 e. The summed E-state index contributed by atoms with van der Waals surface area (Å²) in [4.78, 5) is 24.2. The Bertz CT molecular complexity index is 638. The molecule has 2 amide bonds. The average molecular weight is 344 g/mol. The van der Waals surface area contributed by atoms with Gasteiger partial charge in [0, 0.05) is 37.2 Å². The number of benzene rings is 1. The predicted molar refractivity (Wildman–Crippen MR) is 98.3 cm³/mol. The lowest BCUT2D eigenvalue weighted by Crippen LogP contribution is -2.47. The first-order valence-electron chi connectivity index (χ1n) is 9.21. The van der Waals surface area contributed by atoms with E-state index >= 15 is 0 Å². The van der Waals surface area contributed by atoms with Gasteiger partial charge in [0.1, 0.15) is 6.04 Å². The maximum absolute atomic E-state index is 12.6. The van der Waals surface area contributed by atoms with Gasteiger partial charge in [-0.2, -0.15) is 0 Å². The van der Waals surface area contributed by atoms with Gasteiger partial charge in [-0.05, 0) is 43.7 Å². The molecule has 0 spiro atoms. The Balaban J connectivity index is 1.45. The largest absolute Gasteiger partial charge is 0.373 e. The molecule has 136 valence electrons. The molecule has 3 rings (SSSR count). The first-order valence-corrected chi connectivity index (χ1v) is 9.21. The molecule has 2 aliphatic rings. The summed E-state index contributed by atoms with van der Waals surface area (Å²) in [6.45, 7) is 2.44. The number of rotatable bonds is 5. The highest BCUT2D eigenvalue weighted by molar-refractivity contribution is 5.88. The van der Waals surface area contributed by atoms with Crippen molar-refractivity contribution in [3.63, 3.8) is 0 Å². The highest BCUT2D eigenvalue weighted by atomic mass is 16.2. The van der Waals surface area contributed by atoms with E-state index in [1.54, 1.807) is 0 Å². The van der Waals surface area contributed by atoms with Crippen molar-refractivity contribution in [2.24, 2.45) is 5.73 Å². The Hall–Kier alpha value is -2.08. The normalized spacial score (nSPS) is 25.0. The van der Waals surface area contributed by atoms with Crippen LogP contribution >= 0.6 is 0 Å². The number of para-hydroxylation sites is 1. The zero-order chi connectivity index (χ0) is 17.8. The number of aryl methyl sites for hydroxylation is 1. The second-order valence-corrected chi connectivity index (χ2v) is 7.17. The minimum absolute atomic E-state index is 0.0262. The Kier molecular flexibility index (Phi) is 5.58. The van der Waals surface area contributed by atoms with Gasteiger partial charge in [0.2, 0.25) is 11.8 Å². The fourth-order valence-electron chi connectivity index (χ4n) is 3.82. The second-order valence-electron chi connectivity index (χ2n) is 7.17. The molecular weight excluding hydrogens is 316 g/mol. The van der Waals surface area contributed by atoms with Crippen LogP contribution in [0.3, 0.4) is 0 Å². The van der Waals surface area contributed by atoms with Crippen LogP contribution in [0.15, 0.2) is 18.2 Å². The fraction of sp³-hybridized carbons (Fsp3) is 0.579. The zero-order valence-corrected chi connectivity index (χ0v) is 14.8. The lowest BCUT2D eigenvalue weighted by Gasteiger charge is -2.30. The van der Waals surface area contributed by atoms with Crippen LogP contribution in [0, 0.1) is 6.92 Å². The van der Waals surface area contributed by atoms with Gasteiger partial charge in [-0.15, -0.1) is 0 Å². The number of fused-ring (bicyclic) bond motifs is 1. The highest BCUT2D eigenvalue weighted by Gasteiger charge is 2.30. The number of hydrogen-bond donors (Lipinski definition) is 4. The van der Waals surface area contributed by atoms with Gasteiger partial charge in [0.25, 0.3) is 0 Å². The topological polar surface area (TPSA) is 96.2 Å². The van der Waals surface area contributed by atoms with Crippen LogP contribution in [-0.2, 0) is 16.0 Å². The first kappa shape index (κ1) is 17.7. The van der Waals surface area contributed by atoms with Crippen LogP contribution in [0.1, 0.15) is 43.2 Å². The number of amides is 2. The maximum Gasteiger partial charge on any atom is 0.243 e. The van der Waals surface area contributed by atoms with Crippen LogP contribution in [0.25, 0.3) is 0 Å². The van der Waals surface area contributed by atoms with E-state index < -0.39 is 0 Å². The molecule has 1 fully saturated rings. The molecule has 6 nitrogen and oxygen atoms in total. The molecule has 25 heavy (non-hydrogen) atoms. The molecule has 1 heterocycles. The number of nitrogens with one attached hydrogen (secondary N) is 3. The second kappa shape index (κ2) is 7.87. The average Bonchev–Trinajstić information content (AvgIpc) is 3.03. The summed E-state index contributed by atoms with van der Waals surface area (Å²) < 4.78 is 0. The van der Waals surface area contributed by atoms with E-state index in [2.05, 4.69) is 35.0 Å². The fourth-order valence-corrected chi connectivity index (χ4v) is 3.82. The number of nitrogens with two attached hydrogens (primary N) is 1. The summed E-state index contributed by atoms with van der Waals surface area (Å²) in [6, 6.07) is 6.41. The molecule has 1 unspecified atom stereocenters. The number of carbonyl (C=O) groups is 2. The number of carbonyl (C=O) groups excluding carboxylic acids is 2. The van der Waals surface area contributed by atoms with Crippen molar-refractivity contribution in [1.29, 1.82) is 0 Å². The maximum atomic E-state index is 12.6. The molecule has 1 aliphatic carbocycles. The van der Waals surface area contributed by atoms with Crippen molar-refractivity contribution >= 4 is 17.5 Å². The Morgan fingerprint density at radius 2 is 1.84 bits per heavy atom. The molecule has 5 N–H and O–H groups in total. The van der Waals surface area contributed by atoms with Crippen LogP contribution in [0.5, 0.6) is 0 Å². The standard InChI is InChI=1S/C19H28N4O2/c1-12-3-2-4-13-11-16(23-18(12)13)19(25)22-15-7-5-14(6-8-15)21-17(24)9-10-20/h2-4,14-16,23H,5-11,20H2,1H3,(H,21,24)(H,22,25). The van der Waals surface area contributed by atoms with Crippen LogP contribution in [0.2, 0.25) is 0 Å². The zero-order valence-electron chi connectivity index (χ0n) is 14.8. The minimum atomic E-state index is -0.182. The Morgan fingerprint density at radius 3 is 2.48 bits per heavy atom. The van der Waals surface area contributed by atoms with Crippen LogP contribution < -0.4 is 21.7 Å². The van der Waals surface area contributed by atoms with E-state index in [4.69, 9.17) is 5.73 Å². The molecule has 6 heteroatoms. The van der Waals surface area contributed by atoms with Crippen molar-refractivity contribution in [1.82, 2.24) is 10.6 Å². The van der Waals surface area contributed by atoms with E-state index in [1.807, 2.05) is 6.07 Å². The van der Waals surface area contributed by atoms with Gasteiger partial charge in [-0.25, -0.2) is 0 Å². The molecule has 0 bridgehead atoms. The predicted octanol–water partition coefficient (Wildman–Crippen LogP) is 1.22. The van der Waals surface area contributed by atoms with Crippen molar-refractivity contribution in [3.8, 4) is 0 Å². The lowest BCUT2D eigenvalue weighted by atomic mass is 9.90. The summed E-state index contributed by atoms with van der Waals surface area (Å²) in [5.74, 6) is 0.101. The minimum Gasteiger partial charge on any atom is -0.373 e. The van der Waals surface area contributed by atoms with Gasteiger partial charge in [0.15, 0.2) is 0 Å². The summed E-state index contributed by atoms with van der Waals surface area (Å²) in [6.07, 6.45) is 4.73. The van der Waals surface area contributed by atoms with Crippen molar-refractivity contribution in [2.45, 2.75) is 63.6 Å².